The molecule has 0 saturated heterocycles. The lowest BCUT2D eigenvalue weighted by atomic mass is 10.8. The van der Waals surface area contributed by atoms with Gasteiger partial charge in [0.2, 0.25) is 0 Å². The third kappa shape index (κ3) is 446. The smallest absolute Gasteiger partial charge is 0.195 e. The van der Waals surface area contributed by atoms with Gasteiger partial charge in [-0.1, -0.05) is 6.58 Å². The van der Waals surface area contributed by atoms with Crippen LogP contribution in [-0.2, 0) is 8.26 Å². The Bertz CT molecular complexity index is 194. The molecule has 9 heavy (non-hydrogen) atoms. The van der Waals surface area contributed by atoms with Crippen molar-refractivity contribution < 1.29 is 8.42 Å². The summed E-state index contributed by atoms with van der Waals surface area (Å²) in [6.45, 7) is 3.12. The van der Waals surface area contributed by atoms with Gasteiger partial charge in [-0.15, -0.1) is 0 Å². The fraction of sp³-hybridized carbons (Fsp3) is 0. The van der Waals surface area contributed by atoms with Crippen molar-refractivity contribution in [3.63, 3.8) is 0 Å². The molecule has 0 bridgehead atoms. The van der Waals surface area contributed by atoms with Gasteiger partial charge in [-0.2, -0.15) is 13.7 Å². The van der Waals surface area contributed by atoms with Gasteiger partial charge in [-0.3, -0.25) is 0 Å². The third-order valence-electron chi connectivity index (χ3n) is 0.0913. The summed E-state index contributed by atoms with van der Waals surface area (Å²) in [4.78, 5) is 0. The Hall–Kier alpha value is -0.240. The summed E-state index contributed by atoms with van der Waals surface area (Å²) in [6.07, 6.45) is 1.18. The Morgan fingerprint density at radius 3 is 1.67 bits per heavy atom. The Labute approximate surface area is 62.4 Å². The van der Waals surface area contributed by atoms with E-state index < -0.39 is 8.26 Å². The molecule has 0 aliphatic carbocycles. The van der Waals surface area contributed by atoms with E-state index in [1.165, 1.54) is 6.08 Å². The summed E-state index contributed by atoms with van der Waals surface area (Å²) in [5.41, 5.74) is 0. The van der Waals surface area contributed by atoms with E-state index in [0.29, 0.717) is 0 Å². The van der Waals surface area contributed by atoms with E-state index in [0.717, 1.165) is 0 Å². The molecule has 0 saturated carbocycles. The minimum Gasteiger partial charge on any atom is -0.195 e. The first kappa shape index (κ1) is 11.5. The van der Waals surface area contributed by atoms with Crippen molar-refractivity contribution in [2.75, 3.05) is 0 Å². The number of rotatable bonds is 0. The molecular weight excluding hydrogens is 185 g/mol. The van der Waals surface area contributed by atoms with Crippen molar-refractivity contribution in [1.29, 1.82) is 5.26 Å². The molecule has 0 aromatic carbocycles. The van der Waals surface area contributed by atoms with Gasteiger partial charge in [0, 0.05) is 27.4 Å². The summed E-state index contributed by atoms with van der Waals surface area (Å²) >= 11 is 0. The molecule has 0 unspecified atom stereocenters. The van der Waals surface area contributed by atoms with Crippen molar-refractivity contribution in [1.82, 2.24) is 0 Å². The highest BCUT2D eigenvalue weighted by atomic mass is 36.0. The summed E-state index contributed by atoms with van der Waals surface area (Å²) in [5, 5.41) is 7.51. The molecule has 3 nitrogen and oxygen atoms in total. The van der Waals surface area contributed by atoms with Gasteiger partial charge in [0.25, 0.3) is 0 Å². The molecule has 0 atom stereocenters. The molecule has 0 amide bonds. The average molecular weight is 188 g/mol. The van der Waals surface area contributed by atoms with E-state index in [1.807, 2.05) is 0 Å². The maximum Gasteiger partial charge on any atom is 0.317 e. The highest BCUT2D eigenvalue weighted by Crippen LogP contribution is 1.98. The first-order chi connectivity index (χ1) is 3.91. The second-order valence-electron chi connectivity index (χ2n) is 0.712. The summed E-state index contributed by atoms with van der Waals surface area (Å²) < 4.78 is 18.3. The SMILES string of the molecule is C=CC#N.O=S(=O)(Cl)Cl. The number of allylic oxidation sites excluding steroid dienone is 1. The van der Waals surface area contributed by atoms with Crippen molar-refractivity contribution in [2.24, 2.45) is 0 Å². The molecule has 0 radical (unpaired) electrons. The summed E-state index contributed by atoms with van der Waals surface area (Å²) in [6, 6.07) is 1.69. The highest BCUT2D eigenvalue weighted by molar-refractivity contribution is 8.31. The Morgan fingerprint density at radius 1 is 1.56 bits per heavy atom. The number of hydrogen-bond acceptors (Lipinski definition) is 3. The van der Waals surface area contributed by atoms with E-state index in [1.54, 1.807) is 6.07 Å². The topological polar surface area (TPSA) is 57.9 Å². The van der Waals surface area contributed by atoms with Crippen LogP contribution in [0.3, 0.4) is 0 Å². The Morgan fingerprint density at radius 2 is 1.67 bits per heavy atom. The molecule has 0 heterocycles. The van der Waals surface area contributed by atoms with E-state index in [4.69, 9.17) is 13.7 Å². The zero-order valence-electron chi connectivity index (χ0n) is 4.21. The quantitative estimate of drug-likeness (QED) is 0.426. The number of hydrogen-bond donors (Lipinski definition) is 0. The first-order valence-corrected chi connectivity index (χ1v) is 4.70. The standard InChI is InChI=1S/C3H3N.Cl2O2S/c1-2-3-4;1-5(2,3)4/h2H,1H2;. The minimum atomic E-state index is -3.72. The predicted octanol–water partition coefficient (Wildman–Crippen LogP) is 1.40. The molecule has 0 aliphatic heterocycles. The van der Waals surface area contributed by atoms with Crippen molar-refractivity contribution >= 4 is 29.6 Å². The van der Waals surface area contributed by atoms with Crippen LogP contribution >= 0.6 is 21.4 Å². The predicted molar refractivity (Wildman–Crippen MR) is 36.4 cm³/mol. The van der Waals surface area contributed by atoms with Gasteiger partial charge in [0.05, 0.1) is 6.07 Å². The van der Waals surface area contributed by atoms with Crippen LogP contribution in [0.4, 0.5) is 0 Å². The monoisotopic (exact) mass is 187 g/mol. The lowest BCUT2D eigenvalue weighted by Gasteiger charge is -1.61. The third-order valence-corrected chi connectivity index (χ3v) is 0.0913. The van der Waals surface area contributed by atoms with E-state index in [-0.39, 0.29) is 0 Å². The first-order valence-electron chi connectivity index (χ1n) is 1.56. The van der Waals surface area contributed by atoms with E-state index in [2.05, 4.69) is 27.9 Å². The molecule has 0 aromatic rings. The normalized spacial score (nSPS) is 8.11. The lowest BCUT2D eigenvalue weighted by molar-refractivity contribution is 0.621. The van der Waals surface area contributed by atoms with Crippen LogP contribution in [0.1, 0.15) is 0 Å². The molecule has 0 fully saturated rings. The molecule has 0 aliphatic rings. The average Bonchev–Trinajstić information content (AvgIpc) is 1.61. The van der Waals surface area contributed by atoms with Gasteiger partial charge in [0.1, 0.15) is 0 Å². The zero-order chi connectivity index (χ0) is 7.91. The van der Waals surface area contributed by atoms with Crippen molar-refractivity contribution in [2.45, 2.75) is 0 Å². The van der Waals surface area contributed by atoms with Crippen LogP contribution in [-0.4, -0.2) is 8.42 Å². The largest absolute Gasteiger partial charge is 0.317 e. The lowest BCUT2D eigenvalue weighted by Crippen LogP contribution is -1.63. The van der Waals surface area contributed by atoms with Gasteiger partial charge >= 0.3 is 8.26 Å². The van der Waals surface area contributed by atoms with Crippen molar-refractivity contribution in [3.05, 3.63) is 12.7 Å². The van der Waals surface area contributed by atoms with E-state index >= 15 is 0 Å². The minimum absolute atomic E-state index is 1.18. The maximum atomic E-state index is 9.16. The van der Waals surface area contributed by atoms with Crippen LogP contribution < -0.4 is 0 Å². The van der Waals surface area contributed by atoms with Crippen LogP contribution in [0.2, 0.25) is 0 Å². The van der Waals surface area contributed by atoms with Gasteiger partial charge in [-0.25, -0.2) is 0 Å². The van der Waals surface area contributed by atoms with E-state index in [9.17, 15) is 0 Å². The van der Waals surface area contributed by atoms with Gasteiger partial charge < -0.3 is 0 Å². The fourth-order valence-electron chi connectivity index (χ4n) is 0. The molecule has 0 spiro atoms. The van der Waals surface area contributed by atoms with Crippen LogP contribution in [0.25, 0.3) is 0 Å². The van der Waals surface area contributed by atoms with Gasteiger partial charge in [0.15, 0.2) is 0 Å². The number of halogens is 2. The number of nitriles is 1. The maximum absolute atomic E-state index is 9.16. The Balaban J connectivity index is 0. The molecule has 6 heteroatoms. The second-order valence-corrected chi connectivity index (χ2v) is 4.38. The van der Waals surface area contributed by atoms with Crippen LogP contribution in [0, 0.1) is 11.3 Å². The Kier molecular flexibility index (Phi) is 7.55. The zero-order valence-corrected chi connectivity index (χ0v) is 6.54. The van der Waals surface area contributed by atoms with Crippen molar-refractivity contribution in [3.8, 4) is 6.07 Å². The second kappa shape index (κ2) is 5.89. The highest BCUT2D eigenvalue weighted by Gasteiger charge is 1.88. The molecular formula is C3H3Cl2NO2S. The summed E-state index contributed by atoms with van der Waals surface area (Å²) in [7, 11) is 4.81. The molecule has 0 rings (SSSR count). The fourth-order valence-corrected chi connectivity index (χ4v) is 0. The van der Waals surface area contributed by atoms with Crippen LogP contribution in [0.5, 0.6) is 0 Å². The molecule has 0 aromatic heterocycles. The molecule has 0 N–H and O–H groups in total. The van der Waals surface area contributed by atoms with Gasteiger partial charge in [-0.05, 0) is 0 Å². The molecule has 52 valence electrons. The number of nitrogens with zero attached hydrogens (tertiary/aromatic N) is 1. The van der Waals surface area contributed by atoms with Crippen LogP contribution in [0.15, 0.2) is 12.7 Å². The summed E-state index contributed by atoms with van der Waals surface area (Å²) in [5.74, 6) is 0.